The van der Waals surface area contributed by atoms with Crippen molar-refractivity contribution in [3.63, 3.8) is 0 Å². The predicted octanol–water partition coefficient (Wildman–Crippen LogP) is 1.77. The van der Waals surface area contributed by atoms with E-state index in [0.717, 1.165) is 5.56 Å². The van der Waals surface area contributed by atoms with Crippen molar-refractivity contribution in [3.05, 3.63) is 23.8 Å². The van der Waals surface area contributed by atoms with Crippen LogP contribution in [0, 0.1) is 5.92 Å². The monoisotopic (exact) mass is 295 g/mol. The Hall–Kier alpha value is -2.24. The summed E-state index contributed by atoms with van der Waals surface area (Å²) in [5, 5.41) is 8.95. The van der Waals surface area contributed by atoms with E-state index < -0.39 is 5.97 Å². The third-order valence-corrected chi connectivity index (χ3v) is 2.92. The summed E-state index contributed by atoms with van der Waals surface area (Å²) in [4.78, 5) is 24.3. The van der Waals surface area contributed by atoms with Gasteiger partial charge in [0.1, 0.15) is 18.0 Å². The van der Waals surface area contributed by atoms with Gasteiger partial charge in [-0.05, 0) is 17.7 Å². The van der Waals surface area contributed by atoms with Gasteiger partial charge < -0.3 is 19.5 Å². The van der Waals surface area contributed by atoms with Crippen molar-refractivity contribution in [2.45, 2.75) is 20.4 Å². The Morgan fingerprint density at radius 3 is 2.05 bits per heavy atom. The largest absolute Gasteiger partial charge is 0.497 e. The second-order valence-corrected chi connectivity index (χ2v) is 4.96. The first-order valence-corrected chi connectivity index (χ1v) is 6.60. The molecular formula is C15H21NO5. The van der Waals surface area contributed by atoms with Crippen LogP contribution < -0.4 is 9.47 Å². The Morgan fingerprint density at radius 1 is 1.14 bits per heavy atom. The number of ether oxygens (including phenoxy) is 2. The Labute approximate surface area is 124 Å². The number of methoxy groups -OCH3 is 2. The summed E-state index contributed by atoms with van der Waals surface area (Å²) < 4.78 is 10.3. The van der Waals surface area contributed by atoms with E-state index in [2.05, 4.69) is 0 Å². The maximum Gasteiger partial charge on any atom is 0.323 e. The molecule has 0 heterocycles. The van der Waals surface area contributed by atoms with Crippen molar-refractivity contribution in [2.24, 2.45) is 5.92 Å². The molecule has 0 saturated carbocycles. The number of nitrogens with zero attached hydrogens (tertiary/aromatic N) is 1. The van der Waals surface area contributed by atoms with Crippen LogP contribution in [-0.4, -0.2) is 42.6 Å². The Balaban J connectivity index is 3.01. The molecular weight excluding hydrogens is 274 g/mol. The molecule has 0 fully saturated rings. The predicted molar refractivity (Wildman–Crippen MR) is 77.4 cm³/mol. The number of benzene rings is 1. The number of carboxylic acid groups (broad SMARTS) is 1. The van der Waals surface area contributed by atoms with E-state index in [4.69, 9.17) is 14.6 Å². The molecule has 0 saturated heterocycles. The van der Waals surface area contributed by atoms with Gasteiger partial charge in [0.05, 0.1) is 14.2 Å². The molecule has 0 bridgehead atoms. The smallest absolute Gasteiger partial charge is 0.323 e. The van der Waals surface area contributed by atoms with Crippen LogP contribution in [0.25, 0.3) is 0 Å². The van der Waals surface area contributed by atoms with Crippen LogP contribution in [0.2, 0.25) is 0 Å². The lowest BCUT2D eigenvalue weighted by Gasteiger charge is -2.23. The molecule has 0 aromatic heterocycles. The fourth-order valence-corrected chi connectivity index (χ4v) is 1.92. The summed E-state index contributed by atoms with van der Waals surface area (Å²) in [5.74, 6) is -0.330. The van der Waals surface area contributed by atoms with Crippen molar-refractivity contribution in [1.29, 1.82) is 0 Å². The maximum absolute atomic E-state index is 12.1. The number of hydrogen-bond donors (Lipinski definition) is 1. The molecule has 0 aliphatic rings. The zero-order chi connectivity index (χ0) is 16.0. The minimum Gasteiger partial charge on any atom is -0.497 e. The molecule has 1 aromatic rings. The van der Waals surface area contributed by atoms with Gasteiger partial charge in [0.25, 0.3) is 0 Å². The van der Waals surface area contributed by atoms with Gasteiger partial charge in [0, 0.05) is 18.5 Å². The number of amides is 1. The zero-order valence-corrected chi connectivity index (χ0v) is 12.8. The van der Waals surface area contributed by atoms with Crippen molar-refractivity contribution in [2.75, 3.05) is 20.8 Å². The number of aliphatic carboxylic acids is 1. The van der Waals surface area contributed by atoms with Crippen LogP contribution in [0.4, 0.5) is 0 Å². The SMILES string of the molecule is COc1cc(CN(CC(=O)O)C(=O)C(C)C)cc(OC)c1. The van der Waals surface area contributed by atoms with E-state index in [9.17, 15) is 9.59 Å². The zero-order valence-electron chi connectivity index (χ0n) is 12.8. The van der Waals surface area contributed by atoms with Crippen molar-refractivity contribution >= 4 is 11.9 Å². The molecule has 1 amide bonds. The second-order valence-electron chi connectivity index (χ2n) is 4.96. The number of hydrogen-bond acceptors (Lipinski definition) is 4. The minimum absolute atomic E-state index is 0.191. The van der Waals surface area contributed by atoms with Gasteiger partial charge in [0.15, 0.2) is 0 Å². The van der Waals surface area contributed by atoms with Gasteiger partial charge in [-0.15, -0.1) is 0 Å². The van der Waals surface area contributed by atoms with Crippen LogP contribution in [-0.2, 0) is 16.1 Å². The van der Waals surface area contributed by atoms with Crippen molar-refractivity contribution in [1.82, 2.24) is 4.90 Å². The van der Waals surface area contributed by atoms with Crippen molar-refractivity contribution < 1.29 is 24.2 Å². The van der Waals surface area contributed by atoms with Gasteiger partial charge in [-0.1, -0.05) is 13.8 Å². The number of carbonyl (C=O) groups is 2. The quantitative estimate of drug-likeness (QED) is 0.829. The summed E-state index contributed by atoms with van der Waals surface area (Å²) in [6.45, 7) is 3.33. The molecule has 0 spiro atoms. The van der Waals surface area contributed by atoms with Gasteiger partial charge in [-0.3, -0.25) is 9.59 Å². The van der Waals surface area contributed by atoms with Gasteiger partial charge >= 0.3 is 5.97 Å². The highest BCUT2D eigenvalue weighted by Gasteiger charge is 2.20. The normalized spacial score (nSPS) is 10.3. The van der Waals surface area contributed by atoms with E-state index in [-0.39, 0.29) is 24.9 Å². The number of carbonyl (C=O) groups excluding carboxylic acids is 1. The van der Waals surface area contributed by atoms with Crippen LogP contribution in [0.1, 0.15) is 19.4 Å². The third-order valence-electron chi connectivity index (χ3n) is 2.92. The molecule has 0 unspecified atom stereocenters. The molecule has 1 aromatic carbocycles. The highest BCUT2D eigenvalue weighted by molar-refractivity contribution is 5.82. The number of carboxylic acids is 1. The summed E-state index contributed by atoms with van der Waals surface area (Å²) in [7, 11) is 3.07. The molecule has 6 heteroatoms. The van der Waals surface area contributed by atoms with Crippen LogP contribution in [0.15, 0.2) is 18.2 Å². The fraction of sp³-hybridized carbons (Fsp3) is 0.467. The molecule has 1 rings (SSSR count). The summed E-state index contributed by atoms with van der Waals surface area (Å²) in [6.07, 6.45) is 0. The summed E-state index contributed by atoms with van der Waals surface area (Å²) in [5.41, 5.74) is 0.751. The first kappa shape index (κ1) is 16.8. The Kier molecular flexibility index (Phi) is 6.02. The standard InChI is InChI=1S/C15H21NO5/c1-10(2)15(19)16(9-14(17)18)8-11-5-12(20-3)7-13(6-11)21-4/h5-7,10H,8-9H2,1-4H3,(H,17,18). The Morgan fingerprint density at radius 2 is 1.67 bits per heavy atom. The highest BCUT2D eigenvalue weighted by atomic mass is 16.5. The average Bonchev–Trinajstić information content (AvgIpc) is 2.44. The van der Waals surface area contributed by atoms with E-state index in [1.807, 2.05) is 0 Å². The lowest BCUT2D eigenvalue weighted by atomic mass is 10.1. The second kappa shape index (κ2) is 7.52. The molecule has 1 N–H and O–H groups in total. The third kappa shape index (κ3) is 4.98. The number of rotatable bonds is 7. The van der Waals surface area contributed by atoms with Gasteiger partial charge in [-0.25, -0.2) is 0 Å². The van der Waals surface area contributed by atoms with Crippen LogP contribution in [0.3, 0.4) is 0 Å². The molecule has 21 heavy (non-hydrogen) atoms. The van der Waals surface area contributed by atoms with Crippen molar-refractivity contribution in [3.8, 4) is 11.5 Å². The van der Waals surface area contributed by atoms with E-state index in [1.165, 1.54) is 19.1 Å². The first-order chi connectivity index (χ1) is 9.87. The molecule has 0 radical (unpaired) electrons. The molecule has 0 aliphatic carbocycles. The lowest BCUT2D eigenvalue weighted by Crippen LogP contribution is -2.37. The average molecular weight is 295 g/mol. The van der Waals surface area contributed by atoms with E-state index in [0.29, 0.717) is 11.5 Å². The van der Waals surface area contributed by atoms with Crippen LogP contribution >= 0.6 is 0 Å². The first-order valence-electron chi connectivity index (χ1n) is 6.60. The minimum atomic E-state index is -1.04. The lowest BCUT2D eigenvalue weighted by molar-refractivity contribution is -0.146. The van der Waals surface area contributed by atoms with E-state index >= 15 is 0 Å². The summed E-state index contributed by atoms with van der Waals surface area (Å²) in [6, 6.07) is 5.23. The molecule has 0 atom stereocenters. The summed E-state index contributed by atoms with van der Waals surface area (Å²) >= 11 is 0. The van der Waals surface area contributed by atoms with Gasteiger partial charge in [-0.2, -0.15) is 0 Å². The molecule has 6 nitrogen and oxygen atoms in total. The fourth-order valence-electron chi connectivity index (χ4n) is 1.92. The maximum atomic E-state index is 12.1. The molecule has 116 valence electrons. The van der Waals surface area contributed by atoms with Gasteiger partial charge in [0.2, 0.25) is 5.91 Å². The van der Waals surface area contributed by atoms with Crippen LogP contribution in [0.5, 0.6) is 11.5 Å². The topological polar surface area (TPSA) is 76.1 Å². The molecule has 0 aliphatic heterocycles. The highest BCUT2D eigenvalue weighted by Crippen LogP contribution is 2.23. The Bertz CT molecular complexity index is 491. The van der Waals surface area contributed by atoms with E-state index in [1.54, 1.807) is 32.0 Å².